The Hall–Kier alpha value is -3.15. The molecule has 2 heterocycles. The number of nitrogens with zero attached hydrogens (tertiary/aromatic N) is 2. The van der Waals surface area contributed by atoms with Gasteiger partial charge in [-0.2, -0.15) is 0 Å². The van der Waals surface area contributed by atoms with Crippen molar-refractivity contribution < 1.29 is 9.53 Å². The predicted octanol–water partition coefficient (Wildman–Crippen LogP) is 3.74. The smallest absolute Gasteiger partial charge is 0.281 e. The normalized spacial score (nSPS) is 10.8. The number of aromatic nitrogens is 2. The van der Waals surface area contributed by atoms with Crippen LogP contribution in [0, 0.1) is 13.8 Å². The Morgan fingerprint density at radius 2 is 1.89 bits per heavy atom. The molecule has 3 rings (SSSR count). The molecule has 1 aromatic carbocycles. The highest BCUT2D eigenvalue weighted by Crippen LogP contribution is 2.15. The zero-order valence-electron chi connectivity index (χ0n) is 15.8. The molecule has 0 spiro atoms. The number of nitrogens with one attached hydrogen (secondary N) is 1. The Kier molecular flexibility index (Phi) is 5.54. The lowest BCUT2D eigenvalue weighted by atomic mass is 10.2. The van der Waals surface area contributed by atoms with Crippen LogP contribution in [-0.2, 0) is 0 Å². The molecule has 6 heteroatoms. The van der Waals surface area contributed by atoms with Crippen LogP contribution in [0.3, 0.4) is 0 Å². The van der Waals surface area contributed by atoms with Crippen LogP contribution in [-0.4, -0.2) is 21.9 Å². The van der Waals surface area contributed by atoms with Crippen LogP contribution in [0.2, 0.25) is 0 Å². The van der Waals surface area contributed by atoms with Crippen LogP contribution in [0.5, 0.6) is 5.75 Å². The maximum Gasteiger partial charge on any atom is 0.281 e. The van der Waals surface area contributed by atoms with E-state index in [0.717, 1.165) is 24.2 Å². The number of unbranched alkanes of at least 4 members (excludes halogenated alkanes) is 1. The first-order valence-corrected chi connectivity index (χ1v) is 9.03. The van der Waals surface area contributed by atoms with Crippen molar-refractivity contribution in [1.29, 1.82) is 0 Å². The molecule has 0 saturated carbocycles. The van der Waals surface area contributed by atoms with Crippen LogP contribution < -0.4 is 15.6 Å². The first-order valence-electron chi connectivity index (χ1n) is 9.03. The maximum absolute atomic E-state index is 12.8. The zero-order chi connectivity index (χ0) is 19.4. The molecule has 0 unspecified atom stereocenters. The third kappa shape index (κ3) is 4.16. The number of carbonyl (C=O) groups is 1. The molecule has 0 fully saturated rings. The second kappa shape index (κ2) is 8.03. The third-order valence-electron chi connectivity index (χ3n) is 4.27. The van der Waals surface area contributed by atoms with Gasteiger partial charge in [-0.05, 0) is 56.2 Å². The Morgan fingerprint density at radius 3 is 2.59 bits per heavy atom. The van der Waals surface area contributed by atoms with Crippen LogP contribution in [0.1, 0.15) is 41.4 Å². The van der Waals surface area contributed by atoms with Crippen LogP contribution in [0.25, 0.3) is 5.65 Å². The summed E-state index contributed by atoms with van der Waals surface area (Å²) in [6.07, 6.45) is 3.76. The molecule has 2 aromatic heterocycles. The number of ether oxygens (including phenoxy) is 1. The van der Waals surface area contributed by atoms with Gasteiger partial charge < -0.3 is 10.1 Å². The summed E-state index contributed by atoms with van der Waals surface area (Å²) in [7, 11) is 0. The summed E-state index contributed by atoms with van der Waals surface area (Å²) in [6.45, 7) is 6.36. The fraction of sp³-hybridized carbons (Fsp3) is 0.286. The van der Waals surface area contributed by atoms with Crippen LogP contribution in [0.4, 0.5) is 5.69 Å². The van der Waals surface area contributed by atoms with Gasteiger partial charge in [0.15, 0.2) is 0 Å². The van der Waals surface area contributed by atoms with Gasteiger partial charge in [-0.15, -0.1) is 0 Å². The van der Waals surface area contributed by atoms with Crippen molar-refractivity contribution in [3.05, 3.63) is 69.8 Å². The summed E-state index contributed by atoms with van der Waals surface area (Å²) in [4.78, 5) is 29.7. The second-order valence-corrected chi connectivity index (χ2v) is 6.49. The Morgan fingerprint density at radius 1 is 1.15 bits per heavy atom. The van der Waals surface area contributed by atoms with E-state index in [1.165, 1.54) is 4.40 Å². The summed E-state index contributed by atoms with van der Waals surface area (Å²) in [5.41, 5.74) is 2.31. The standard InChI is InChI=1S/C21H23N3O3/c1-4-5-12-27-17-9-7-16(8-10-17)20(25)23-19-15(3)22-18-11-6-14(2)13-24(18)21(19)26/h6-11,13H,4-5,12H2,1-3H3,(H,23,25). The van der Waals surface area contributed by atoms with Crippen molar-refractivity contribution in [2.45, 2.75) is 33.6 Å². The van der Waals surface area contributed by atoms with Gasteiger partial charge in [0.1, 0.15) is 17.1 Å². The van der Waals surface area contributed by atoms with E-state index < -0.39 is 0 Å². The number of rotatable bonds is 6. The number of carbonyl (C=O) groups excluding carboxylic acids is 1. The minimum Gasteiger partial charge on any atom is -0.494 e. The zero-order valence-corrected chi connectivity index (χ0v) is 15.8. The summed E-state index contributed by atoms with van der Waals surface area (Å²) in [5.74, 6) is 0.365. The predicted molar refractivity (Wildman–Crippen MR) is 106 cm³/mol. The number of benzene rings is 1. The van der Waals surface area contributed by atoms with E-state index in [4.69, 9.17) is 4.74 Å². The van der Waals surface area contributed by atoms with Crippen molar-refractivity contribution in [2.24, 2.45) is 0 Å². The van der Waals surface area contributed by atoms with Gasteiger partial charge in [-0.25, -0.2) is 4.98 Å². The molecule has 0 aliphatic heterocycles. The molecule has 0 bridgehead atoms. The highest BCUT2D eigenvalue weighted by Gasteiger charge is 2.14. The van der Waals surface area contributed by atoms with Gasteiger partial charge in [-0.1, -0.05) is 19.4 Å². The topological polar surface area (TPSA) is 72.7 Å². The van der Waals surface area contributed by atoms with Crippen molar-refractivity contribution in [2.75, 3.05) is 11.9 Å². The molecule has 6 nitrogen and oxygen atoms in total. The second-order valence-electron chi connectivity index (χ2n) is 6.49. The van der Waals surface area contributed by atoms with Gasteiger partial charge in [0, 0.05) is 11.8 Å². The van der Waals surface area contributed by atoms with Gasteiger partial charge in [-0.3, -0.25) is 14.0 Å². The lowest BCUT2D eigenvalue weighted by molar-refractivity contribution is 0.102. The Bertz CT molecular complexity index is 1020. The molecule has 0 aliphatic carbocycles. The quantitative estimate of drug-likeness (QED) is 0.676. The summed E-state index contributed by atoms with van der Waals surface area (Å²) >= 11 is 0. The van der Waals surface area contributed by atoms with E-state index in [-0.39, 0.29) is 17.2 Å². The molecule has 3 aromatic rings. The minimum atomic E-state index is -0.357. The molecular formula is C21H23N3O3. The van der Waals surface area contributed by atoms with Gasteiger partial charge >= 0.3 is 0 Å². The largest absolute Gasteiger partial charge is 0.494 e. The molecular weight excluding hydrogens is 342 g/mol. The highest BCUT2D eigenvalue weighted by molar-refractivity contribution is 6.04. The third-order valence-corrected chi connectivity index (χ3v) is 4.27. The first-order chi connectivity index (χ1) is 13.0. The molecule has 140 valence electrons. The number of fused-ring (bicyclic) bond motifs is 1. The number of aryl methyl sites for hydroxylation is 2. The van der Waals surface area contributed by atoms with Crippen molar-refractivity contribution in [1.82, 2.24) is 9.38 Å². The van der Waals surface area contributed by atoms with E-state index in [0.29, 0.717) is 23.5 Å². The highest BCUT2D eigenvalue weighted by atomic mass is 16.5. The number of hydrogen-bond acceptors (Lipinski definition) is 4. The van der Waals surface area contributed by atoms with E-state index in [1.54, 1.807) is 43.5 Å². The fourth-order valence-electron chi connectivity index (χ4n) is 2.72. The molecule has 0 aliphatic rings. The average Bonchev–Trinajstić information content (AvgIpc) is 2.66. The minimum absolute atomic E-state index is 0.186. The van der Waals surface area contributed by atoms with Gasteiger partial charge in [0.25, 0.3) is 11.5 Å². The number of amides is 1. The summed E-state index contributed by atoms with van der Waals surface area (Å²) < 4.78 is 7.05. The number of hydrogen-bond donors (Lipinski definition) is 1. The lowest BCUT2D eigenvalue weighted by Crippen LogP contribution is -2.25. The van der Waals surface area contributed by atoms with E-state index in [1.807, 2.05) is 13.0 Å². The first kappa shape index (κ1) is 18.6. The molecule has 1 N–H and O–H groups in total. The molecule has 0 atom stereocenters. The maximum atomic E-state index is 12.8. The van der Waals surface area contributed by atoms with Gasteiger partial charge in [0.2, 0.25) is 0 Å². The summed E-state index contributed by atoms with van der Waals surface area (Å²) in [5, 5.41) is 2.70. The van der Waals surface area contributed by atoms with Crippen molar-refractivity contribution in [3.63, 3.8) is 0 Å². The van der Waals surface area contributed by atoms with Crippen LogP contribution >= 0.6 is 0 Å². The molecule has 0 radical (unpaired) electrons. The molecule has 0 saturated heterocycles. The SMILES string of the molecule is CCCCOc1ccc(C(=O)Nc2c(C)nc3ccc(C)cn3c2=O)cc1. The Labute approximate surface area is 157 Å². The lowest BCUT2D eigenvalue weighted by Gasteiger charge is -2.10. The van der Waals surface area contributed by atoms with Crippen molar-refractivity contribution >= 4 is 17.2 Å². The van der Waals surface area contributed by atoms with E-state index >= 15 is 0 Å². The Balaban J connectivity index is 1.82. The van der Waals surface area contributed by atoms with E-state index in [2.05, 4.69) is 17.2 Å². The fourth-order valence-corrected chi connectivity index (χ4v) is 2.72. The monoisotopic (exact) mass is 365 g/mol. The molecule has 1 amide bonds. The average molecular weight is 365 g/mol. The van der Waals surface area contributed by atoms with Crippen molar-refractivity contribution in [3.8, 4) is 5.75 Å². The summed E-state index contributed by atoms with van der Waals surface area (Å²) in [6, 6.07) is 10.6. The van der Waals surface area contributed by atoms with E-state index in [9.17, 15) is 9.59 Å². The van der Waals surface area contributed by atoms with Gasteiger partial charge in [0.05, 0.1) is 12.3 Å². The number of anilines is 1. The molecule has 27 heavy (non-hydrogen) atoms. The van der Waals surface area contributed by atoms with Crippen LogP contribution in [0.15, 0.2) is 47.4 Å². The number of pyridine rings is 1.